The van der Waals surface area contributed by atoms with Gasteiger partial charge in [0.05, 0.1) is 23.6 Å². The first-order valence-corrected chi connectivity index (χ1v) is 10.4. The minimum atomic E-state index is -1.26. The number of aryl methyl sites for hydroxylation is 3. The van der Waals surface area contributed by atoms with Gasteiger partial charge in [-0.2, -0.15) is 0 Å². The van der Waals surface area contributed by atoms with Crippen LogP contribution in [0.4, 0.5) is 0 Å². The van der Waals surface area contributed by atoms with Crippen LogP contribution in [-0.4, -0.2) is 39.0 Å². The molecule has 2 heterocycles. The largest absolute Gasteiger partial charge is 0.478 e. The molecular formula is C24H28N2O4. The number of aliphatic carboxylic acids is 2. The van der Waals surface area contributed by atoms with Crippen LogP contribution in [0.1, 0.15) is 49.1 Å². The van der Waals surface area contributed by atoms with Crippen molar-refractivity contribution in [3.8, 4) is 11.3 Å². The number of carbonyl (C=O) groups is 2. The number of nitrogens with zero attached hydrogens (tertiary/aromatic N) is 2. The number of hydrogen-bond donors (Lipinski definition) is 2. The Hall–Kier alpha value is -3.15. The van der Waals surface area contributed by atoms with Gasteiger partial charge in [0, 0.05) is 24.3 Å². The summed E-state index contributed by atoms with van der Waals surface area (Å²) in [6.45, 7) is 6.36. The molecule has 2 N–H and O–H groups in total. The maximum Gasteiger partial charge on any atom is 0.328 e. The third kappa shape index (κ3) is 4.87. The topological polar surface area (TPSA) is 91.9 Å². The van der Waals surface area contributed by atoms with Gasteiger partial charge in [-0.3, -0.25) is 4.99 Å². The first-order valence-electron chi connectivity index (χ1n) is 10.4. The molecule has 1 aromatic heterocycles. The Morgan fingerprint density at radius 1 is 1.10 bits per heavy atom. The van der Waals surface area contributed by atoms with Gasteiger partial charge in [0.2, 0.25) is 0 Å². The summed E-state index contributed by atoms with van der Waals surface area (Å²) >= 11 is 0. The lowest BCUT2D eigenvalue weighted by atomic mass is 9.88. The quantitative estimate of drug-likeness (QED) is 0.728. The standard InChI is InChI=1S/C20H24N2.C4H4O4/c1-3-4-5-15-6-9-18-16(12-15)7-8-17-13-19-14(2)21-10-11-22(19)20(17)18;5-3(6)1-2-4(7)8/h6,9,12-13H,3-5,7-8,10-11H2,1-2H3;1-2H,(H,5,6)(H,7,8). The lowest BCUT2D eigenvalue weighted by Gasteiger charge is -2.22. The SMILES string of the molecule is CCCCc1ccc2c(c1)CCc1cc3n(c1-2)CCN=C3C.O=C(O)C=CC(=O)O. The monoisotopic (exact) mass is 408 g/mol. The summed E-state index contributed by atoms with van der Waals surface area (Å²) in [4.78, 5) is 23.7. The molecule has 6 heteroatoms. The molecule has 2 aliphatic rings. The summed E-state index contributed by atoms with van der Waals surface area (Å²) in [5.74, 6) is -2.51. The van der Waals surface area contributed by atoms with E-state index < -0.39 is 11.9 Å². The van der Waals surface area contributed by atoms with Crippen LogP contribution in [-0.2, 0) is 35.4 Å². The second kappa shape index (κ2) is 9.57. The second-order valence-electron chi connectivity index (χ2n) is 7.63. The van der Waals surface area contributed by atoms with Gasteiger partial charge < -0.3 is 14.8 Å². The summed E-state index contributed by atoms with van der Waals surface area (Å²) in [7, 11) is 0. The van der Waals surface area contributed by atoms with Crippen molar-refractivity contribution in [1.82, 2.24) is 4.57 Å². The Balaban J connectivity index is 0.000000275. The van der Waals surface area contributed by atoms with Gasteiger partial charge in [-0.05, 0) is 55.4 Å². The van der Waals surface area contributed by atoms with E-state index in [1.54, 1.807) is 5.56 Å². The molecule has 1 aliphatic carbocycles. The van der Waals surface area contributed by atoms with Gasteiger partial charge in [0.15, 0.2) is 0 Å². The molecule has 1 aromatic carbocycles. The molecule has 6 nitrogen and oxygen atoms in total. The molecule has 0 unspecified atom stereocenters. The van der Waals surface area contributed by atoms with E-state index in [9.17, 15) is 9.59 Å². The normalized spacial score (nSPS) is 14.1. The first kappa shape index (κ1) is 21.6. The van der Waals surface area contributed by atoms with Crippen molar-refractivity contribution in [2.24, 2.45) is 4.99 Å². The third-order valence-corrected chi connectivity index (χ3v) is 5.50. The molecule has 0 amide bonds. The molecular weight excluding hydrogens is 380 g/mol. The van der Waals surface area contributed by atoms with Crippen LogP contribution in [0.3, 0.4) is 0 Å². The van der Waals surface area contributed by atoms with Crippen molar-refractivity contribution in [2.75, 3.05) is 6.54 Å². The molecule has 0 radical (unpaired) electrons. The smallest absolute Gasteiger partial charge is 0.328 e. The van der Waals surface area contributed by atoms with Gasteiger partial charge in [-0.15, -0.1) is 0 Å². The van der Waals surface area contributed by atoms with Crippen LogP contribution in [0.15, 0.2) is 41.4 Å². The Morgan fingerprint density at radius 2 is 1.80 bits per heavy atom. The van der Waals surface area contributed by atoms with Crippen LogP contribution in [0.2, 0.25) is 0 Å². The van der Waals surface area contributed by atoms with Crippen molar-refractivity contribution in [1.29, 1.82) is 0 Å². The van der Waals surface area contributed by atoms with Crippen LogP contribution in [0.25, 0.3) is 11.3 Å². The average molecular weight is 408 g/mol. The Bertz CT molecular complexity index is 998. The fourth-order valence-electron chi connectivity index (χ4n) is 4.08. The number of hydrogen-bond acceptors (Lipinski definition) is 3. The van der Waals surface area contributed by atoms with Gasteiger partial charge >= 0.3 is 11.9 Å². The van der Waals surface area contributed by atoms with Crippen LogP contribution in [0, 0.1) is 0 Å². The van der Waals surface area contributed by atoms with E-state index in [4.69, 9.17) is 10.2 Å². The van der Waals surface area contributed by atoms with Gasteiger partial charge in [0.25, 0.3) is 0 Å². The predicted molar refractivity (Wildman–Crippen MR) is 117 cm³/mol. The van der Waals surface area contributed by atoms with Gasteiger partial charge in [-0.1, -0.05) is 31.5 Å². The zero-order valence-corrected chi connectivity index (χ0v) is 17.5. The fourth-order valence-corrected chi connectivity index (χ4v) is 4.08. The highest BCUT2D eigenvalue weighted by atomic mass is 16.4. The second-order valence-corrected chi connectivity index (χ2v) is 7.63. The molecule has 0 saturated carbocycles. The van der Waals surface area contributed by atoms with E-state index in [0.717, 1.165) is 13.1 Å². The molecule has 0 spiro atoms. The van der Waals surface area contributed by atoms with Gasteiger partial charge in [0.1, 0.15) is 0 Å². The number of benzene rings is 1. The molecule has 2 aromatic rings. The Morgan fingerprint density at radius 3 is 2.47 bits per heavy atom. The molecule has 0 bridgehead atoms. The number of aliphatic imine (C=N–C) groups is 1. The maximum absolute atomic E-state index is 9.55. The first-order chi connectivity index (χ1) is 14.4. The molecule has 158 valence electrons. The number of unbranched alkanes of at least 4 members (excludes halogenated alkanes) is 1. The third-order valence-electron chi connectivity index (χ3n) is 5.50. The van der Waals surface area contributed by atoms with E-state index in [-0.39, 0.29) is 0 Å². The number of carboxylic acids is 2. The van der Waals surface area contributed by atoms with Crippen LogP contribution >= 0.6 is 0 Å². The van der Waals surface area contributed by atoms with E-state index in [1.807, 2.05) is 0 Å². The Labute approximate surface area is 176 Å². The molecule has 0 fully saturated rings. The van der Waals surface area contributed by atoms with Crippen molar-refractivity contribution in [3.63, 3.8) is 0 Å². The molecule has 30 heavy (non-hydrogen) atoms. The van der Waals surface area contributed by atoms with Gasteiger partial charge in [-0.25, -0.2) is 9.59 Å². The van der Waals surface area contributed by atoms with Crippen molar-refractivity contribution in [3.05, 3.63) is 58.8 Å². The zero-order chi connectivity index (χ0) is 21.7. The number of aromatic nitrogens is 1. The summed E-state index contributed by atoms with van der Waals surface area (Å²) in [5, 5.41) is 15.6. The van der Waals surface area contributed by atoms with E-state index in [0.29, 0.717) is 12.2 Å². The van der Waals surface area contributed by atoms with Crippen LogP contribution < -0.4 is 0 Å². The number of carboxylic acid groups (broad SMARTS) is 2. The lowest BCUT2D eigenvalue weighted by Crippen LogP contribution is -2.17. The van der Waals surface area contributed by atoms with Crippen LogP contribution in [0.5, 0.6) is 0 Å². The number of rotatable bonds is 5. The molecule has 4 rings (SSSR count). The minimum absolute atomic E-state index is 0.558. The summed E-state index contributed by atoms with van der Waals surface area (Å²) < 4.78 is 2.50. The average Bonchev–Trinajstić information content (AvgIpc) is 3.11. The van der Waals surface area contributed by atoms with E-state index in [2.05, 4.69) is 47.7 Å². The summed E-state index contributed by atoms with van der Waals surface area (Å²) in [6.07, 6.45) is 7.25. The maximum atomic E-state index is 9.55. The fraction of sp³-hybridized carbons (Fsp3) is 0.375. The van der Waals surface area contributed by atoms with E-state index >= 15 is 0 Å². The predicted octanol–water partition coefficient (Wildman–Crippen LogP) is 4.13. The van der Waals surface area contributed by atoms with Crippen molar-refractivity contribution in [2.45, 2.75) is 52.5 Å². The zero-order valence-electron chi connectivity index (χ0n) is 17.5. The summed E-state index contributed by atoms with van der Waals surface area (Å²) in [6, 6.07) is 9.54. The Kier molecular flexibility index (Phi) is 6.87. The minimum Gasteiger partial charge on any atom is -0.478 e. The highest BCUT2D eigenvalue weighted by molar-refractivity contribution is 5.99. The van der Waals surface area contributed by atoms with E-state index in [1.165, 1.54) is 65.9 Å². The highest BCUT2D eigenvalue weighted by Crippen LogP contribution is 2.37. The van der Waals surface area contributed by atoms with Crippen molar-refractivity contribution < 1.29 is 19.8 Å². The molecule has 0 atom stereocenters. The molecule has 0 saturated heterocycles. The number of fused-ring (bicyclic) bond motifs is 5. The highest BCUT2D eigenvalue weighted by Gasteiger charge is 2.25. The molecule has 1 aliphatic heterocycles. The summed E-state index contributed by atoms with van der Waals surface area (Å²) in [5.41, 5.74) is 10.0. The van der Waals surface area contributed by atoms with Crippen molar-refractivity contribution >= 4 is 17.7 Å². The lowest BCUT2D eigenvalue weighted by molar-refractivity contribution is -0.134.